The van der Waals surface area contributed by atoms with Gasteiger partial charge in [-0.15, -0.1) is 0 Å². The molecule has 1 aromatic heterocycles. The Morgan fingerprint density at radius 3 is 2.39 bits per heavy atom. The Hall–Kier alpha value is -4.41. The number of benzene rings is 2. The zero-order valence-corrected chi connectivity index (χ0v) is 18.4. The fourth-order valence-electron chi connectivity index (χ4n) is 3.22. The number of anilines is 1. The number of hydrogen-bond donors (Lipinski definition) is 2. The van der Waals surface area contributed by atoms with Crippen LogP contribution in [-0.4, -0.2) is 37.4 Å². The van der Waals surface area contributed by atoms with E-state index in [1.807, 2.05) is 0 Å². The van der Waals surface area contributed by atoms with Crippen LogP contribution in [0.15, 0.2) is 47.3 Å². The van der Waals surface area contributed by atoms with E-state index in [9.17, 15) is 29.6 Å². The summed E-state index contributed by atoms with van der Waals surface area (Å²) in [6.07, 6.45) is -0.508. The summed E-state index contributed by atoms with van der Waals surface area (Å²) in [6, 6.07) is 10.5. The molecule has 11 nitrogen and oxygen atoms in total. The van der Waals surface area contributed by atoms with Gasteiger partial charge in [0.2, 0.25) is 5.75 Å². The Morgan fingerprint density at radius 2 is 1.82 bits per heavy atom. The molecular weight excluding hydrogens is 432 g/mol. The molecule has 0 aliphatic carbocycles. The van der Waals surface area contributed by atoms with Gasteiger partial charge in [-0.25, -0.2) is 9.48 Å². The summed E-state index contributed by atoms with van der Waals surface area (Å²) in [5, 5.41) is 24.1. The van der Waals surface area contributed by atoms with Crippen LogP contribution in [0.3, 0.4) is 0 Å². The Kier molecular flexibility index (Phi) is 6.33. The van der Waals surface area contributed by atoms with E-state index < -0.39 is 45.5 Å². The molecule has 0 saturated carbocycles. The highest BCUT2D eigenvalue weighted by molar-refractivity contribution is 6.08. The number of amides is 1. The summed E-state index contributed by atoms with van der Waals surface area (Å²) in [5.74, 6) is -2.83. The fourth-order valence-corrected chi connectivity index (χ4v) is 3.22. The molecule has 0 unspecified atom stereocenters. The number of phenolic OH excluding ortho intramolecular Hbond substituents is 1. The third kappa shape index (κ3) is 4.47. The van der Waals surface area contributed by atoms with Crippen molar-refractivity contribution < 1.29 is 24.4 Å². The topological polar surface area (TPSA) is 146 Å². The number of para-hydroxylation sites is 1. The predicted molar refractivity (Wildman–Crippen MR) is 119 cm³/mol. The van der Waals surface area contributed by atoms with Crippen molar-refractivity contribution in [1.82, 2.24) is 9.36 Å². The summed E-state index contributed by atoms with van der Waals surface area (Å²) in [6.45, 7) is 4.79. The van der Waals surface area contributed by atoms with E-state index in [4.69, 9.17) is 4.74 Å². The first-order chi connectivity index (χ1) is 15.5. The molecule has 0 radical (unpaired) electrons. The second kappa shape index (κ2) is 8.99. The normalized spacial score (nSPS) is 10.8. The van der Waals surface area contributed by atoms with Crippen molar-refractivity contribution in [2.45, 2.75) is 26.9 Å². The lowest BCUT2D eigenvalue weighted by atomic mass is 10.1. The molecule has 0 fully saturated rings. The first-order valence-corrected chi connectivity index (χ1v) is 9.90. The van der Waals surface area contributed by atoms with Crippen LogP contribution in [0, 0.1) is 17.0 Å². The average Bonchev–Trinajstić information content (AvgIpc) is 2.96. The minimum Gasteiger partial charge on any atom is -0.502 e. The largest absolute Gasteiger partial charge is 0.502 e. The predicted octanol–water partition coefficient (Wildman–Crippen LogP) is 2.92. The van der Waals surface area contributed by atoms with Crippen molar-refractivity contribution in [2.75, 3.05) is 5.32 Å². The number of phenols is 1. The van der Waals surface area contributed by atoms with E-state index in [1.165, 1.54) is 9.36 Å². The molecule has 1 amide bonds. The van der Waals surface area contributed by atoms with Gasteiger partial charge >= 0.3 is 11.7 Å². The highest BCUT2D eigenvalue weighted by atomic mass is 16.6. The van der Waals surface area contributed by atoms with E-state index in [1.54, 1.807) is 58.2 Å². The first kappa shape index (κ1) is 23.3. The van der Waals surface area contributed by atoms with Crippen molar-refractivity contribution in [2.24, 2.45) is 7.05 Å². The SMILES string of the molecule is Cc1c(NC(=O)c2cc(C(=O)OC(C)C)cc([N+](=O)[O-])c2O)c(=O)n(-c2ccccc2)n1C. The molecule has 1 heterocycles. The van der Waals surface area contributed by atoms with Crippen LogP contribution in [0.25, 0.3) is 5.69 Å². The van der Waals surface area contributed by atoms with Crippen LogP contribution >= 0.6 is 0 Å². The number of nitro benzene ring substituents is 1. The summed E-state index contributed by atoms with van der Waals surface area (Å²) in [7, 11) is 1.63. The van der Waals surface area contributed by atoms with Crippen LogP contribution in [0.5, 0.6) is 5.75 Å². The molecule has 2 aromatic carbocycles. The summed E-state index contributed by atoms with van der Waals surface area (Å²) < 4.78 is 7.91. The molecule has 0 spiro atoms. The second-order valence-corrected chi connectivity index (χ2v) is 7.49. The number of rotatable bonds is 6. The highest BCUT2D eigenvalue weighted by Gasteiger charge is 2.28. The van der Waals surface area contributed by atoms with Crippen LogP contribution in [0.2, 0.25) is 0 Å². The Morgan fingerprint density at radius 1 is 1.18 bits per heavy atom. The number of aromatic nitrogens is 2. The third-order valence-electron chi connectivity index (χ3n) is 4.90. The first-order valence-electron chi connectivity index (χ1n) is 9.90. The minimum absolute atomic E-state index is 0.0800. The Bertz CT molecular complexity index is 1310. The molecule has 0 aliphatic heterocycles. The maximum Gasteiger partial charge on any atom is 0.338 e. The minimum atomic E-state index is -0.999. The van der Waals surface area contributed by atoms with E-state index >= 15 is 0 Å². The van der Waals surface area contributed by atoms with Gasteiger partial charge in [-0.1, -0.05) is 18.2 Å². The summed E-state index contributed by atoms with van der Waals surface area (Å²) in [4.78, 5) is 48.7. The highest BCUT2D eigenvalue weighted by Crippen LogP contribution is 2.32. The van der Waals surface area contributed by atoms with Gasteiger partial charge in [0, 0.05) is 13.1 Å². The number of hydrogen-bond acceptors (Lipinski definition) is 7. The monoisotopic (exact) mass is 454 g/mol. The summed E-state index contributed by atoms with van der Waals surface area (Å²) >= 11 is 0. The fraction of sp³-hybridized carbons (Fsp3) is 0.227. The maximum absolute atomic E-state index is 13.0. The third-order valence-corrected chi connectivity index (χ3v) is 4.90. The molecule has 0 saturated heterocycles. The van der Waals surface area contributed by atoms with E-state index in [0.29, 0.717) is 11.4 Å². The number of esters is 1. The summed E-state index contributed by atoms with van der Waals surface area (Å²) in [5.41, 5.74) is -1.34. The molecule has 3 aromatic rings. The van der Waals surface area contributed by atoms with E-state index in [-0.39, 0.29) is 11.3 Å². The zero-order chi connectivity index (χ0) is 24.4. The van der Waals surface area contributed by atoms with Gasteiger partial charge < -0.3 is 15.2 Å². The average molecular weight is 454 g/mol. The molecule has 3 rings (SSSR count). The number of carbonyl (C=O) groups excluding carboxylic acids is 2. The van der Waals surface area contributed by atoms with Crippen molar-refractivity contribution >= 4 is 23.3 Å². The van der Waals surface area contributed by atoms with Crippen molar-refractivity contribution in [3.8, 4) is 11.4 Å². The number of carbonyl (C=O) groups is 2. The van der Waals surface area contributed by atoms with Crippen LogP contribution in [-0.2, 0) is 11.8 Å². The molecule has 0 atom stereocenters. The van der Waals surface area contributed by atoms with Gasteiger partial charge in [-0.3, -0.25) is 24.4 Å². The number of nitro groups is 1. The molecule has 0 aliphatic rings. The van der Waals surface area contributed by atoms with Gasteiger partial charge in [-0.05, 0) is 39.0 Å². The number of nitrogens with one attached hydrogen (secondary N) is 1. The molecule has 2 N–H and O–H groups in total. The molecule has 33 heavy (non-hydrogen) atoms. The number of nitrogens with zero attached hydrogens (tertiary/aromatic N) is 3. The van der Waals surface area contributed by atoms with Gasteiger partial charge in [0.05, 0.1) is 33.5 Å². The zero-order valence-electron chi connectivity index (χ0n) is 18.4. The number of aromatic hydroxyl groups is 1. The Balaban J connectivity index is 2.07. The second-order valence-electron chi connectivity index (χ2n) is 7.49. The molecule has 11 heteroatoms. The smallest absolute Gasteiger partial charge is 0.338 e. The lowest BCUT2D eigenvalue weighted by Gasteiger charge is -2.11. The van der Waals surface area contributed by atoms with Crippen LogP contribution < -0.4 is 10.9 Å². The molecule has 172 valence electrons. The van der Waals surface area contributed by atoms with Crippen molar-refractivity contribution in [1.29, 1.82) is 0 Å². The quantitative estimate of drug-likeness (QED) is 0.331. The molecular formula is C22H22N4O7. The van der Waals surface area contributed by atoms with Gasteiger partial charge in [0.1, 0.15) is 5.69 Å². The molecule has 0 bridgehead atoms. The van der Waals surface area contributed by atoms with Crippen LogP contribution in [0.4, 0.5) is 11.4 Å². The van der Waals surface area contributed by atoms with Gasteiger partial charge in [-0.2, -0.15) is 0 Å². The van der Waals surface area contributed by atoms with E-state index in [2.05, 4.69) is 5.32 Å². The lowest BCUT2D eigenvalue weighted by molar-refractivity contribution is -0.385. The lowest BCUT2D eigenvalue weighted by Crippen LogP contribution is -2.23. The van der Waals surface area contributed by atoms with Crippen LogP contribution in [0.1, 0.15) is 40.3 Å². The van der Waals surface area contributed by atoms with E-state index in [0.717, 1.165) is 12.1 Å². The number of ether oxygens (including phenoxy) is 1. The van der Waals surface area contributed by atoms with Crippen molar-refractivity contribution in [3.63, 3.8) is 0 Å². The van der Waals surface area contributed by atoms with Gasteiger partial charge in [0.25, 0.3) is 11.5 Å². The maximum atomic E-state index is 13.0. The van der Waals surface area contributed by atoms with Crippen molar-refractivity contribution in [3.05, 3.63) is 79.8 Å². The van der Waals surface area contributed by atoms with Gasteiger partial charge in [0.15, 0.2) is 0 Å². The Labute approximate surface area is 188 Å². The standard InChI is InChI=1S/C22H22N4O7/c1-12(2)33-22(30)14-10-16(19(27)17(11-14)26(31)32)20(28)23-18-13(3)24(4)25(21(18)29)15-8-6-5-7-9-15/h5-12,27H,1-4H3,(H,23,28).